The van der Waals surface area contributed by atoms with Crippen LogP contribution < -0.4 is 17.3 Å². The average Bonchev–Trinajstić information content (AvgIpc) is 1.83. The molecule has 0 aromatic heterocycles. The van der Waals surface area contributed by atoms with Gasteiger partial charge in [-0.1, -0.05) is 10.5 Å². The van der Waals surface area contributed by atoms with Crippen molar-refractivity contribution in [2.75, 3.05) is 0 Å². The number of hydrogen-bond donors (Lipinski definition) is 3. The molecular formula is H5N7O. The van der Waals surface area contributed by atoms with E-state index < -0.39 is 0 Å². The third-order valence-corrected chi connectivity index (χ3v) is 0.332. The van der Waals surface area contributed by atoms with Crippen molar-refractivity contribution in [3.05, 3.63) is 10.4 Å². The minimum Gasteiger partial charge on any atom is -0.233 e. The highest BCUT2D eigenvalue weighted by Crippen LogP contribution is 1.75. The molecule has 8 heteroatoms. The third-order valence-electron chi connectivity index (χ3n) is 0.332. The minimum absolute atomic E-state index is 0.444. The van der Waals surface area contributed by atoms with Crippen LogP contribution in [0.15, 0.2) is 5.22 Å². The molecule has 0 aromatic rings. The van der Waals surface area contributed by atoms with Crippen molar-refractivity contribution in [2.24, 2.45) is 17.0 Å². The molecule has 0 heterocycles. The first-order chi connectivity index (χ1) is 3.85. The Labute approximate surface area is 44.4 Å². The molecule has 0 saturated carbocycles. The fourth-order valence-electron chi connectivity index (χ4n) is 0.114. The average molecular weight is 119 g/mol. The van der Waals surface area contributed by atoms with Gasteiger partial charge in [0, 0.05) is 10.5 Å². The molecule has 0 aliphatic rings. The normalized spacial score (nSPS) is 7.75. The van der Waals surface area contributed by atoms with E-state index in [1.165, 1.54) is 0 Å². The van der Waals surface area contributed by atoms with Gasteiger partial charge in [-0.3, -0.25) is 0 Å². The molecule has 0 unspecified atom stereocenters. The maximum Gasteiger partial charge on any atom is 0.0379 e. The number of hydrogen-bond acceptors (Lipinski definition) is 5. The van der Waals surface area contributed by atoms with Gasteiger partial charge in [-0.05, 0) is 0 Å². The molecule has 0 fully saturated rings. The monoisotopic (exact) mass is 119 g/mol. The lowest BCUT2D eigenvalue weighted by atomic mass is 12.2. The number of rotatable bonds is 3. The van der Waals surface area contributed by atoms with E-state index in [2.05, 4.69) is 26.8 Å². The largest absolute Gasteiger partial charge is 0.233 e. The van der Waals surface area contributed by atoms with Gasteiger partial charge in [0.25, 0.3) is 0 Å². The Morgan fingerprint density at radius 1 is 1.88 bits per heavy atom. The maximum atomic E-state index is 7.68. The van der Waals surface area contributed by atoms with Gasteiger partial charge in [0.05, 0.1) is 0 Å². The van der Waals surface area contributed by atoms with Gasteiger partial charge in [-0.2, -0.15) is 10.8 Å². The molecule has 0 radical (unpaired) electrons. The predicted molar refractivity (Wildman–Crippen MR) is 23.6 cm³/mol. The Morgan fingerprint density at radius 3 is 2.62 bits per heavy atom. The highest BCUT2D eigenvalue weighted by Gasteiger charge is 1.94. The summed E-state index contributed by atoms with van der Waals surface area (Å²) in [7, 11) is 0. The zero-order chi connectivity index (χ0) is 6.41. The Bertz CT molecular complexity index is 86.6. The van der Waals surface area contributed by atoms with Gasteiger partial charge < -0.3 is 0 Å². The molecule has 8 nitrogen and oxygen atoms in total. The second kappa shape index (κ2) is 4.12. The summed E-state index contributed by atoms with van der Waals surface area (Å²) in [4.78, 5) is 6.10. The van der Waals surface area contributed by atoms with Gasteiger partial charge in [0.2, 0.25) is 0 Å². The molecule has 5 N–H and O–H groups in total. The summed E-state index contributed by atoms with van der Waals surface area (Å²) in [5.41, 5.74) is 9.50. The van der Waals surface area contributed by atoms with E-state index in [1.807, 2.05) is 5.53 Å². The van der Waals surface area contributed by atoms with Crippen molar-refractivity contribution < 1.29 is 4.94 Å². The van der Waals surface area contributed by atoms with Gasteiger partial charge in [0.1, 0.15) is 0 Å². The quantitative estimate of drug-likeness (QED) is 0.140. The van der Waals surface area contributed by atoms with E-state index in [0.717, 1.165) is 0 Å². The SMILES string of the molecule is [N-]=[N+]=NN(NN)ON. The second-order valence-electron chi connectivity index (χ2n) is 0.686. The number of azide groups is 1. The summed E-state index contributed by atoms with van der Waals surface area (Å²) in [6.45, 7) is 0. The van der Waals surface area contributed by atoms with Crippen LogP contribution in [-0.2, 0) is 4.94 Å². The van der Waals surface area contributed by atoms with Gasteiger partial charge in [0.15, 0.2) is 0 Å². The van der Waals surface area contributed by atoms with E-state index in [-0.39, 0.29) is 0 Å². The highest BCUT2D eigenvalue weighted by atomic mass is 16.8. The summed E-state index contributed by atoms with van der Waals surface area (Å²) in [6.07, 6.45) is 0. The van der Waals surface area contributed by atoms with Crippen molar-refractivity contribution in [2.45, 2.75) is 0 Å². The molecule has 0 bridgehead atoms. The number of nitrogens with two attached hydrogens (primary N) is 2. The number of hydrazine groups is 2. The van der Waals surface area contributed by atoms with Crippen molar-refractivity contribution in [3.63, 3.8) is 0 Å². The van der Waals surface area contributed by atoms with Crippen LogP contribution in [0.4, 0.5) is 0 Å². The molecule has 0 atom stereocenters. The van der Waals surface area contributed by atoms with E-state index in [4.69, 9.17) is 5.53 Å². The summed E-state index contributed by atoms with van der Waals surface area (Å²) < 4.78 is 0. The molecule has 0 amide bonds. The van der Waals surface area contributed by atoms with Crippen LogP contribution in [0.3, 0.4) is 0 Å². The van der Waals surface area contributed by atoms with Gasteiger partial charge >= 0.3 is 0 Å². The fraction of sp³-hybridized carbons (Fsp3) is 0. The molecule has 46 valence electrons. The maximum absolute atomic E-state index is 7.68. The lowest BCUT2D eigenvalue weighted by Crippen LogP contribution is -2.40. The van der Waals surface area contributed by atoms with Crippen molar-refractivity contribution in [1.82, 2.24) is 10.8 Å². The van der Waals surface area contributed by atoms with E-state index >= 15 is 0 Å². The summed E-state index contributed by atoms with van der Waals surface area (Å²) in [5.74, 6) is 9.16. The number of nitrogens with one attached hydrogen (secondary N) is 1. The second-order valence-corrected chi connectivity index (χ2v) is 0.686. The fourth-order valence-corrected chi connectivity index (χ4v) is 0.114. The number of nitrogens with zero attached hydrogens (tertiary/aromatic N) is 4. The minimum atomic E-state index is 0.444. The van der Waals surface area contributed by atoms with E-state index in [0.29, 0.717) is 5.28 Å². The predicted octanol–water partition coefficient (Wildman–Crippen LogP) is -1.30. The zero-order valence-electron chi connectivity index (χ0n) is 3.85. The molecule has 0 spiro atoms. The summed E-state index contributed by atoms with van der Waals surface area (Å²) in [6, 6.07) is 0. The molecule has 8 heavy (non-hydrogen) atoms. The van der Waals surface area contributed by atoms with Crippen LogP contribution in [0.25, 0.3) is 10.4 Å². The lowest BCUT2D eigenvalue weighted by molar-refractivity contribution is -0.203. The standard InChI is InChI=1S/H5N7O/c1-4-6-7(5-2)8-3/h5H,2-3H2. The smallest absolute Gasteiger partial charge is 0.0379 e. The van der Waals surface area contributed by atoms with Gasteiger partial charge in [-0.15, -0.1) is 5.53 Å². The molecule has 0 aromatic carbocycles. The van der Waals surface area contributed by atoms with Crippen LogP contribution in [0.2, 0.25) is 0 Å². The van der Waals surface area contributed by atoms with Crippen molar-refractivity contribution >= 4 is 0 Å². The lowest BCUT2D eigenvalue weighted by Gasteiger charge is -2.01. The first kappa shape index (κ1) is 6.95. The van der Waals surface area contributed by atoms with Gasteiger partial charge in [-0.25, -0.2) is 5.84 Å². The molecule has 0 aliphatic carbocycles. The van der Waals surface area contributed by atoms with Crippen LogP contribution in [0, 0.1) is 0 Å². The van der Waals surface area contributed by atoms with E-state index in [9.17, 15) is 0 Å². The first-order valence-corrected chi connectivity index (χ1v) is 1.53. The van der Waals surface area contributed by atoms with Crippen molar-refractivity contribution in [1.29, 1.82) is 0 Å². The Kier molecular flexibility index (Phi) is 3.58. The molecule has 0 saturated heterocycles. The molecule has 0 rings (SSSR count). The van der Waals surface area contributed by atoms with Crippen LogP contribution in [0.5, 0.6) is 0 Å². The molecular weight excluding hydrogens is 114 g/mol. The van der Waals surface area contributed by atoms with Crippen LogP contribution in [0.1, 0.15) is 0 Å². The Balaban J connectivity index is 3.52. The highest BCUT2D eigenvalue weighted by molar-refractivity contribution is 4.31. The summed E-state index contributed by atoms with van der Waals surface area (Å²) in [5, 5.41) is 3.24. The van der Waals surface area contributed by atoms with Crippen molar-refractivity contribution in [3.8, 4) is 0 Å². The van der Waals surface area contributed by atoms with E-state index in [1.54, 1.807) is 0 Å². The van der Waals surface area contributed by atoms with Crippen LogP contribution in [-0.4, -0.2) is 5.28 Å². The zero-order valence-corrected chi connectivity index (χ0v) is 3.85. The molecule has 0 aliphatic heterocycles. The van der Waals surface area contributed by atoms with Crippen LogP contribution >= 0.6 is 0 Å². The Morgan fingerprint density at radius 2 is 2.50 bits per heavy atom. The Hall–Kier alpha value is -1.05. The summed E-state index contributed by atoms with van der Waals surface area (Å²) >= 11 is 0. The first-order valence-electron chi connectivity index (χ1n) is 1.53. The third kappa shape index (κ3) is 2.18. The topological polar surface area (TPSA) is 125 Å².